The van der Waals surface area contributed by atoms with Gasteiger partial charge >= 0.3 is 0 Å². The number of rotatable bonds is 7. The van der Waals surface area contributed by atoms with Crippen molar-refractivity contribution in [3.8, 4) is 5.69 Å². The summed E-state index contributed by atoms with van der Waals surface area (Å²) in [5, 5.41) is 19.6. The normalized spacial score (nSPS) is 16.3. The zero-order chi connectivity index (χ0) is 27.0. The fourth-order valence-electron chi connectivity index (χ4n) is 4.59. The molecule has 38 heavy (non-hydrogen) atoms. The van der Waals surface area contributed by atoms with Crippen LogP contribution in [0.15, 0.2) is 53.8 Å². The number of fused-ring (bicyclic) bond motifs is 1. The number of hydrogen-bond donors (Lipinski definition) is 1. The lowest BCUT2D eigenvalue weighted by molar-refractivity contribution is -0.138. The molecule has 1 aliphatic heterocycles. The molecule has 1 saturated heterocycles. The third-order valence-corrected chi connectivity index (χ3v) is 6.98. The van der Waals surface area contributed by atoms with Gasteiger partial charge < -0.3 is 10.0 Å². The van der Waals surface area contributed by atoms with Crippen molar-refractivity contribution in [2.45, 2.75) is 43.9 Å². The highest BCUT2D eigenvalue weighted by atomic mass is 35.5. The number of halogens is 4. The number of alkyl halides is 2. The van der Waals surface area contributed by atoms with Crippen molar-refractivity contribution in [2.75, 3.05) is 13.1 Å². The standard InChI is InChI=1S/C24H23ClF3N7O3/c25-15-1-3-16(4-2-15)35-22-17(12-30-35)23(37)33(14-29-22)13-24(38)6-9-32(10-7-24)20(36)11-18(21(27)28)34-8-5-19(26)31-34/h1-5,8,12,14,18,21,38H,6-7,9-11,13H2/t18-/m0/s1. The number of hydrogen-bond acceptors (Lipinski definition) is 6. The molecule has 1 N–H and O–H groups in total. The van der Waals surface area contributed by atoms with Crippen molar-refractivity contribution in [2.24, 2.45) is 0 Å². The molecule has 1 aromatic carbocycles. The first-order valence-electron chi connectivity index (χ1n) is 11.8. The van der Waals surface area contributed by atoms with Gasteiger partial charge in [0, 0.05) is 30.4 Å². The van der Waals surface area contributed by atoms with E-state index in [4.69, 9.17) is 11.6 Å². The number of carbonyl (C=O) groups is 1. The Kier molecular flexibility index (Phi) is 6.97. The Morgan fingerprint density at radius 1 is 1.16 bits per heavy atom. The van der Waals surface area contributed by atoms with Crippen molar-refractivity contribution in [1.29, 1.82) is 0 Å². The summed E-state index contributed by atoms with van der Waals surface area (Å²) in [5.74, 6) is -1.46. The summed E-state index contributed by atoms with van der Waals surface area (Å²) in [6.45, 7) is 0.157. The number of amides is 1. The molecule has 0 radical (unpaired) electrons. The molecule has 0 saturated carbocycles. The van der Waals surface area contributed by atoms with Crippen molar-refractivity contribution < 1.29 is 23.1 Å². The van der Waals surface area contributed by atoms with Crippen LogP contribution in [0, 0.1) is 5.95 Å². The third kappa shape index (κ3) is 5.16. The number of aromatic nitrogens is 6. The summed E-state index contributed by atoms with van der Waals surface area (Å²) in [6.07, 6.45) is 0.589. The minimum Gasteiger partial charge on any atom is -0.388 e. The van der Waals surface area contributed by atoms with Gasteiger partial charge in [-0.1, -0.05) is 11.6 Å². The smallest absolute Gasteiger partial charge is 0.264 e. The maximum atomic E-state index is 13.5. The number of aliphatic hydroxyl groups is 1. The average Bonchev–Trinajstić information content (AvgIpc) is 3.51. The Morgan fingerprint density at radius 2 is 1.87 bits per heavy atom. The molecular formula is C24H23ClF3N7O3. The van der Waals surface area contributed by atoms with Crippen LogP contribution in [0.2, 0.25) is 5.02 Å². The van der Waals surface area contributed by atoms with E-state index >= 15 is 0 Å². The van der Waals surface area contributed by atoms with Crippen LogP contribution in [0.5, 0.6) is 0 Å². The quantitative estimate of drug-likeness (QED) is 0.379. The summed E-state index contributed by atoms with van der Waals surface area (Å²) in [7, 11) is 0. The van der Waals surface area contributed by atoms with Crippen LogP contribution in [0.3, 0.4) is 0 Å². The van der Waals surface area contributed by atoms with Gasteiger partial charge in [0.1, 0.15) is 17.8 Å². The molecule has 1 atom stereocenters. The van der Waals surface area contributed by atoms with E-state index in [9.17, 15) is 27.9 Å². The predicted molar refractivity (Wildman–Crippen MR) is 131 cm³/mol. The molecule has 1 amide bonds. The second kappa shape index (κ2) is 10.2. The van der Waals surface area contributed by atoms with Gasteiger partial charge in [0.2, 0.25) is 11.9 Å². The summed E-state index contributed by atoms with van der Waals surface area (Å²) in [4.78, 5) is 31.5. The fraction of sp³-hybridized carbons (Fsp3) is 0.375. The van der Waals surface area contributed by atoms with Gasteiger partial charge in [-0.25, -0.2) is 18.4 Å². The molecule has 4 aromatic rings. The van der Waals surface area contributed by atoms with E-state index in [1.165, 1.54) is 26.7 Å². The Morgan fingerprint density at radius 3 is 2.50 bits per heavy atom. The van der Waals surface area contributed by atoms with E-state index in [0.29, 0.717) is 16.4 Å². The summed E-state index contributed by atoms with van der Waals surface area (Å²) in [5.41, 5.74) is -0.661. The minimum absolute atomic E-state index is 0.0604. The molecular weight excluding hydrogens is 527 g/mol. The van der Waals surface area contributed by atoms with Crippen molar-refractivity contribution >= 4 is 28.5 Å². The van der Waals surface area contributed by atoms with E-state index < -0.39 is 36.3 Å². The number of carbonyl (C=O) groups excluding carboxylic acids is 1. The van der Waals surface area contributed by atoms with Crippen LogP contribution in [0.4, 0.5) is 13.2 Å². The van der Waals surface area contributed by atoms with E-state index in [0.717, 1.165) is 16.9 Å². The van der Waals surface area contributed by atoms with E-state index in [1.54, 1.807) is 24.3 Å². The highest BCUT2D eigenvalue weighted by Gasteiger charge is 2.36. The maximum Gasteiger partial charge on any atom is 0.264 e. The molecule has 200 valence electrons. The number of piperidine rings is 1. The molecule has 1 fully saturated rings. The third-order valence-electron chi connectivity index (χ3n) is 6.73. The van der Waals surface area contributed by atoms with Gasteiger partial charge in [-0.15, -0.1) is 5.10 Å². The molecule has 4 heterocycles. The molecule has 0 aliphatic carbocycles. The lowest BCUT2D eigenvalue weighted by Gasteiger charge is -2.38. The molecule has 1 aliphatic rings. The lowest BCUT2D eigenvalue weighted by Crippen LogP contribution is -2.50. The van der Waals surface area contributed by atoms with Gasteiger partial charge in [0.25, 0.3) is 12.0 Å². The van der Waals surface area contributed by atoms with Gasteiger partial charge in [-0.2, -0.15) is 9.49 Å². The number of nitrogens with zero attached hydrogens (tertiary/aromatic N) is 7. The lowest BCUT2D eigenvalue weighted by atomic mass is 9.91. The summed E-state index contributed by atoms with van der Waals surface area (Å²) < 4.78 is 43.8. The molecule has 0 bridgehead atoms. The first-order valence-corrected chi connectivity index (χ1v) is 12.2. The Hall–Kier alpha value is -3.71. The van der Waals surface area contributed by atoms with Crippen LogP contribution in [-0.2, 0) is 11.3 Å². The molecule has 0 spiro atoms. The summed E-state index contributed by atoms with van der Waals surface area (Å²) >= 11 is 5.94. The molecule has 14 heteroatoms. The zero-order valence-electron chi connectivity index (χ0n) is 19.9. The molecule has 5 rings (SSSR count). The minimum atomic E-state index is -2.92. The van der Waals surface area contributed by atoms with E-state index in [1.807, 2.05) is 0 Å². The van der Waals surface area contributed by atoms with Gasteiger partial charge in [-0.3, -0.25) is 18.8 Å². The number of benzene rings is 1. The molecule has 3 aromatic heterocycles. The maximum absolute atomic E-state index is 13.5. The zero-order valence-corrected chi connectivity index (χ0v) is 20.7. The van der Waals surface area contributed by atoms with Gasteiger partial charge in [-0.05, 0) is 37.1 Å². The van der Waals surface area contributed by atoms with Crippen LogP contribution in [0.25, 0.3) is 16.7 Å². The van der Waals surface area contributed by atoms with E-state index in [-0.39, 0.29) is 43.4 Å². The first-order chi connectivity index (χ1) is 18.1. The Balaban J connectivity index is 1.25. The van der Waals surface area contributed by atoms with Crippen LogP contribution < -0.4 is 5.56 Å². The van der Waals surface area contributed by atoms with Crippen LogP contribution in [0.1, 0.15) is 25.3 Å². The van der Waals surface area contributed by atoms with E-state index in [2.05, 4.69) is 15.2 Å². The second-order valence-electron chi connectivity index (χ2n) is 9.28. The SMILES string of the molecule is O=C(C[C@@H](C(F)F)n1ccc(F)n1)N1CCC(O)(Cn2cnc3c(cnn3-c3ccc(Cl)cc3)c2=O)CC1. The largest absolute Gasteiger partial charge is 0.388 e. The molecule has 0 unspecified atom stereocenters. The highest BCUT2D eigenvalue weighted by molar-refractivity contribution is 6.30. The van der Waals surface area contributed by atoms with Gasteiger partial charge in [0.05, 0.1) is 30.5 Å². The monoisotopic (exact) mass is 549 g/mol. The Bertz CT molecular complexity index is 1510. The summed E-state index contributed by atoms with van der Waals surface area (Å²) in [6, 6.07) is 6.23. The van der Waals surface area contributed by atoms with Crippen molar-refractivity contribution in [3.63, 3.8) is 0 Å². The Labute approximate surface area is 218 Å². The number of likely N-dealkylation sites (tertiary alicyclic amines) is 1. The van der Waals surface area contributed by atoms with Crippen molar-refractivity contribution in [3.05, 3.63) is 70.4 Å². The van der Waals surface area contributed by atoms with Crippen molar-refractivity contribution in [1.82, 2.24) is 34.0 Å². The van der Waals surface area contributed by atoms with Gasteiger partial charge in [0.15, 0.2) is 5.65 Å². The predicted octanol–water partition coefficient (Wildman–Crippen LogP) is 2.82. The fourth-order valence-corrected chi connectivity index (χ4v) is 4.71. The average molecular weight is 550 g/mol. The highest BCUT2D eigenvalue weighted by Crippen LogP contribution is 2.27. The topological polar surface area (TPSA) is 111 Å². The van der Waals surface area contributed by atoms with Crippen LogP contribution >= 0.6 is 11.6 Å². The first kappa shape index (κ1) is 25.9. The second-order valence-corrected chi connectivity index (χ2v) is 9.71. The van der Waals surface area contributed by atoms with Crippen LogP contribution in [-0.4, -0.2) is 70.1 Å². The molecule has 10 nitrogen and oxygen atoms in total.